The third-order valence-corrected chi connectivity index (χ3v) is 3.43. The molecule has 1 aliphatic rings. The van der Waals surface area contributed by atoms with E-state index in [1.54, 1.807) is 7.11 Å². The topological polar surface area (TPSA) is 41.5 Å². The fraction of sp³-hybridized carbons (Fsp3) is 1.00. The lowest BCUT2D eigenvalue weighted by Crippen LogP contribution is -2.35. The maximum Gasteiger partial charge on any atom is 0.0897 e. The molecule has 0 saturated heterocycles. The van der Waals surface area contributed by atoms with Crippen LogP contribution in [0.5, 0.6) is 0 Å². The molecule has 90 valence electrons. The summed E-state index contributed by atoms with van der Waals surface area (Å²) in [6.07, 6.45) is 5.11. The number of methoxy groups -OCH3 is 1. The van der Waals surface area contributed by atoms with Gasteiger partial charge in [-0.25, -0.2) is 0 Å². The number of aliphatic hydroxyl groups is 1. The standard InChI is InChI=1S/C12H25NO2/c1-10-5-3-4-6-11(10)7-13-8-12(14)9-15-2/h10-14H,3-9H2,1-2H3. The Kier molecular flexibility index (Phi) is 6.22. The van der Waals surface area contributed by atoms with Crippen LogP contribution < -0.4 is 5.32 Å². The van der Waals surface area contributed by atoms with E-state index in [0.717, 1.165) is 18.4 Å². The molecule has 0 aromatic heterocycles. The Morgan fingerprint density at radius 1 is 1.40 bits per heavy atom. The van der Waals surface area contributed by atoms with Crippen molar-refractivity contribution in [3.63, 3.8) is 0 Å². The van der Waals surface area contributed by atoms with Gasteiger partial charge in [0.15, 0.2) is 0 Å². The van der Waals surface area contributed by atoms with Crippen LogP contribution in [-0.4, -0.2) is 38.0 Å². The van der Waals surface area contributed by atoms with Crippen LogP contribution in [-0.2, 0) is 4.74 Å². The summed E-state index contributed by atoms with van der Waals surface area (Å²) in [7, 11) is 1.62. The average Bonchev–Trinajstić information content (AvgIpc) is 2.21. The van der Waals surface area contributed by atoms with Gasteiger partial charge in [0, 0.05) is 13.7 Å². The van der Waals surface area contributed by atoms with Crippen molar-refractivity contribution in [2.24, 2.45) is 11.8 Å². The highest BCUT2D eigenvalue weighted by Crippen LogP contribution is 2.28. The molecular formula is C12H25NO2. The highest BCUT2D eigenvalue weighted by Gasteiger charge is 2.20. The van der Waals surface area contributed by atoms with Gasteiger partial charge in [0.1, 0.15) is 0 Å². The predicted molar refractivity (Wildman–Crippen MR) is 61.9 cm³/mol. The molecule has 15 heavy (non-hydrogen) atoms. The molecule has 0 spiro atoms. The molecule has 1 aliphatic carbocycles. The van der Waals surface area contributed by atoms with Gasteiger partial charge in [-0.1, -0.05) is 26.2 Å². The molecule has 0 aromatic carbocycles. The number of hydrogen-bond acceptors (Lipinski definition) is 3. The summed E-state index contributed by atoms with van der Waals surface area (Å²) in [4.78, 5) is 0. The fourth-order valence-corrected chi connectivity index (χ4v) is 2.38. The van der Waals surface area contributed by atoms with E-state index in [1.807, 2.05) is 0 Å². The Labute approximate surface area is 93.2 Å². The van der Waals surface area contributed by atoms with Crippen molar-refractivity contribution in [3.05, 3.63) is 0 Å². The van der Waals surface area contributed by atoms with E-state index in [-0.39, 0.29) is 6.10 Å². The van der Waals surface area contributed by atoms with E-state index in [2.05, 4.69) is 12.2 Å². The van der Waals surface area contributed by atoms with Crippen LogP contribution in [0, 0.1) is 11.8 Å². The zero-order valence-electron chi connectivity index (χ0n) is 10.0. The van der Waals surface area contributed by atoms with Crippen molar-refractivity contribution in [2.45, 2.75) is 38.7 Å². The van der Waals surface area contributed by atoms with Gasteiger partial charge in [-0.2, -0.15) is 0 Å². The maximum atomic E-state index is 9.46. The van der Waals surface area contributed by atoms with Crippen LogP contribution in [0.2, 0.25) is 0 Å². The molecular weight excluding hydrogens is 190 g/mol. The van der Waals surface area contributed by atoms with E-state index in [9.17, 15) is 5.11 Å². The SMILES string of the molecule is COCC(O)CNCC1CCCCC1C. The lowest BCUT2D eigenvalue weighted by Gasteiger charge is -2.29. The summed E-state index contributed by atoms with van der Waals surface area (Å²) in [5.74, 6) is 1.64. The molecule has 1 fully saturated rings. The molecule has 0 radical (unpaired) electrons. The molecule has 3 heteroatoms. The second-order valence-corrected chi connectivity index (χ2v) is 4.79. The van der Waals surface area contributed by atoms with E-state index < -0.39 is 0 Å². The zero-order chi connectivity index (χ0) is 11.1. The number of rotatable bonds is 6. The number of nitrogens with one attached hydrogen (secondary N) is 1. The normalized spacial score (nSPS) is 29.0. The van der Waals surface area contributed by atoms with E-state index in [4.69, 9.17) is 4.74 Å². The summed E-state index contributed by atoms with van der Waals surface area (Å²) >= 11 is 0. The number of hydrogen-bond donors (Lipinski definition) is 2. The zero-order valence-corrected chi connectivity index (χ0v) is 10.0. The first-order chi connectivity index (χ1) is 7.24. The first kappa shape index (κ1) is 12.9. The molecule has 0 amide bonds. The minimum absolute atomic E-state index is 0.367. The summed E-state index contributed by atoms with van der Waals surface area (Å²) in [5, 5.41) is 12.8. The van der Waals surface area contributed by atoms with Gasteiger partial charge in [0.2, 0.25) is 0 Å². The molecule has 2 N–H and O–H groups in total. The Balaban J connectivity index is 2.08. The van der Waals surface area contributed by atoms with E-state index in [1.165, 1.54) is 25.7 Å². The first-order valence-electron chi connectivity index (χ1n) is 6.11. The average molecular weight is 215 g/mol. The number of aliphatic hydroxyl groups excluding tert-OH is 1. The van der Waals surface area contributed by atoms with Crippen molar-refractivity contribution in [1.82, 2.24) is 5.32 Å². The molecule has 1 saturated carbocycles. The van der Waals surface area contributed by atoms with Gasteiger partial charge < -0.3 is 15.2 Å². The van der Waals surface area contributed by atoms with Crippen molar-refractivity contribution in [3.8, 4) is 0 Å². The van der Waals surface area contributed by atoms with Gasteiger partial charge in [0.05, 0.1) is 12.7 Å². The van der Waals surface area contributed by atoms with E-state index >= 15 is 0 Å². The Bertz CT molecular complexity index is 164. The van der Waals surface area contributed by atoms with Crippen LogP contribution in [0.4, 0.5) is 0 Å². The van der Waals surface area contributed by atoms with Crippen molar-refractivity contribution < 1.29 is 9.84 Å². The van der Waals surface area contributed by atoms with Crippen molar-refractivity contribution in [1.29, 1.82) is 0 Å². The molecule has 3 unspecified atom stereocenters. The molecule has 0 bridgehead atoms. The molecule has 0 aliphatic heterocycles. The number of ether oxygens (including phenoxy) is 1. The summed E-state index contributed by atoms with van der Waals surface area (Å²) in [5.41, 5.74) is 0. The highest BCUT2D eigenvalue weighted by molar-refractivity contribution is 4.74. The third kappa shape index (κ3) is 4.96. The fourth-order valence-electron chi connectivity index (χ4n) is 2.38. The largest absolute Gasteiger partial charge is 0.389 e. The van der Waals surface area contributed by atoms with Crippen molar-refractivity contribution >= 4 is 0 Å². The van der Waals surface area contributed by atoms with Crippen LogP contribution in [0.1, 0.15) is 32.6 Å². The van der Waals surface area contributed by atoms with Gasteiger partial charge in [-0.05, 0) is 24.8 Å². The Morgan fingerprint density at radius 2 is 2.13 bits per heavy atom. The molecule has 3 nitrogen and oxygen atoms in total. The Morgan fingerprint density at radius 3 is 2.80 bits per heavy atom. The van der Waals surface area contributed by atoms with E-state index in [0.29, 0.717) is 13.2 Å². The van der Waals surface area contributed by atoms with Crippen LogP contribution >= 0.6 is 0 Å². The first-order valence-corrected chi connectivity index (χ1v) is 6.11. The highest BCUT2D eigenvalue weighted by atomic mass is 16.5. The quantitative estimate of drug-likeness (QED) is 0.704. The Hall–Kier alpha value is -0.120. The summed E-state index contributed by atoms with van der Waals surface area (Å²) in [6, 6.07) is 0. The summed E-state index contributed by atoms with van der Waals surface area (Å²) in [6.45, 7) is 4.46. The lowest BCUT2D eigenvalue weighted by atomic mass is 9.80. The second kappa shape index (κ2) is 7.20. The minimum atomic E-state index is -0.367. The summed E-state index contributed by atoms with van der Waals surface area (Å²) < 4.78 is 4.88. The van der Waals surface area contributed by atoms with Crippen LogP contribution in [0.15, 0.2) is 0 Å². The molecule has 3 atom stereocenters. The predicted octanol–water partition coefficient (Wildman–Crippen LogP) is 1.41. The lowest BCUT2D eigenvalue weighted by molar-refractivity contribution is 0.0630. The minimum Gasteiger partial charge on any atom is -0.389 e. The monoisotopic (exact) mass is 215 g/mol. The maximum absolute atomic E-state index is 9.46. The van der Waals surface area contributed by atoms with Gasteiger partial charge >= 0.3 is 0 Å². The van der Waals surface area contributed by atoms with Gasteiger partial charge in [-0.15, -0.1) is 0 Å². The second-order valence-electron chi connectivity index (χ2n) is 4.79. The van der Waals surface area contributed by atoms with Gasteiger partial charge in [0.25, 0.3) is 0 Å². The molecule has 1 rings (SSSR count). The van der Waals surface area contributed by atoms with Crippen molar-refractivity contribution in [2.75, 3.05) is 26.8 Å². The van der Waals surface area contributed by atoms with Gasteiger partial charge in [-0.3, -0.25) is 0 Å². The van der Waals surface area contributed by atoms with Crippen LogP contribution in [0.25, 0.3) is 0 Å². The third-order valence-electron chi connectivity index (χ3n) is 3.43. The smallest absolute Gasteiger partial charge is 0.0897 e. The molecule has 0 aromatic rings. The molecule has 0 heterocycles. The van der Waals surface area contributed by atoms with Crippen LogP contribution in [0.3, 0.4) is 0 Å².